The van der Waals surface area contributed by atoms with E-state index in [0.717, 1.165) is 6.42 Å². The van der Waals surface area contributed by atoms with Gasteiger partial charge < -0.3 is 6.92 Å². The first-order valence-electron chi connectivity index (χ1n) is 5.82. The summed E-state index contributed by atoms with van der Waals surface area (Å²) in [6.07, 6.45) is 2.17. The van der Waals surface area contributed by atoms with Crippen molar-refractivity contribution in [3.05, 3.63) is 67.6 Å². The van der Waals surface area contributed by atoms with E-state index in [0.29, 0.717) is 0 Å². The molecule has 2 aromatic rings. The molecular formula is C15H16Cl2PPd-. The topological polar surface area (TPSA) is 0 Å². The molecule has 2 aromatic carbocycles. The third kappa shape index (κ3) is 6.40. The fraction of sp³-hybridized carbons (Fsp3) is 0.133. The SMILES string of the molecule is [CH2-]CCP(c1ccccc1)c1ccccc1.[Cl][Pd][Cl]. The third-order valence-electron chi connectivity index (χ3n) is 2.52. The summed E-state index contributed by atoms with van der Waals surface area (Å²) in [6, 6.07) is 21.6. The molecule has 0 N–H and O–H groups in total. The summed E-state index contributed by atoms with van der Waals surface area (Å²) in [7, 11) is 9.41. The van der Waals surface area contributed by atoms with Gasteiger partial charge in [0.15, 0.2) is 0 Å². The second kappa shape index (κ2) is 10.8. The van der Waals surface area contributed by atoms with Gasteiger partial charge in [0.2, 0.25) is 0 Å². The fourth-order valence-electron chi connectivity index (χ4n) is 1.78. The summed E-state index contributed by atoms with van der Waals surface area (Å²) in [6.45, 7) is 3.99. The van der Waals surface area contributed by atoms with E-state index in [4.69, 9.17) is 19.1 Å². The standard InChI is InChI=1S/C15H16P.2ClH.Pd/c1-2-13-16(14-9-5-3-6-10-14)15-11-7-4-8-12-15;;;/h3-12H,1-2,13H2;2*1H;/q-1;;;+2/p-2. The van der Waals surface area contributed by atoms with Gasteiger partial charge >= 0.3 is 35.0 Å². The van der Waals surface area contributed by atoms with Crippen LogP contribution in [0.3, 0.4) is 0 Å². The van der Waals surface area contributed by atoms with Crippen LogP contribution in [0.4, 0.5) is 0 Å². The van der Waals surface area contributed by atoms with Gasteiger partial charge in [-0.25, -0.2) is 0 Å². The number of benzene rings is 2. The first kappa shape index (κ1) is 17.2. The fourth-order valence-corrected chi connectivity index (χ4v) is 3.98. The molecule has 0 saturated heterocycles. The molecule has 0 radical (unpaired) electrons. The second-order valence-electron chi connectivity index (χ2n) is 3.72. The van der Waals surface area contributed by atoms with E-state index in [9.17, 15) is 0 Å². The Hall–Kier alpha value is 0.112. The molecule has 4 heteroatoms. The minimum atomic E-state index is -0.213. The molecule has 0 bridgehead atoms. The van der Waals surface area contributed by atoms with Gasteiger partial charge in [0.1, 0.15) is 0 Å². The van der Waals surface area contributed by atoms with Crippen molar-refractivity contribution in [2.75, 3.05) is 6.16 Å². The average molecular weight is 405 g/mol. The second-order valence-corrected chi connectivity index (χ2v) is 8.42. The third-order valence-corrected chi connectivity index (χ3v) is 5.12. The van der Waals surface area contributed by atoms with Gasteiger partial charge in [0, 0.05) is 0 Å². The van der Waals surface area contributed by atoms with E-state index in [1.54, 1.807) is 0 Å². The molecule has 0 atom stereocenters. The molecule has 19 heavy (non-hydrogen) atoms. The summed E-state index contributed by atoms with van der Waals surface area (Å²) in [5.74, 6) is 0. The van der Waals surface area contributed by atoms with E-state index < -0.39 is 0 Å². The van der Waals surface area contributed by atoms with Crippen LogP contribution in [0.5, 0.6) is 0 Å². The molecule has 106 valence electrons. The van der Waals surface area contributed by atoms with Gasteiger partial charge in [-0.05, 0) is 18.5 Å². The maximum absolute atomic E-state index is 4.81. The van der Waals surface area contributed by atoms with Gasteiger partial charge in [-0.2, -0.15) is 6.42 Å². The Kier molecular flexibility index (Phi) is 9.80. The molecule has 0 aliphatic heterocycles. The van der Waals surface area contributed by atoms with Crippen molar-refractivity contribution in [1.29, 1.82) is 0 Å². The quantitative estimate of drug-likeness (QED) is 0.393. The number of hydrogen-bond acceptors (Lipinski definition) is 0. The van der Waals surface area contributed by atoms with E-state index in [1.807, 2.05) is 0 Å². The van der Waals surface area contributed by atoms with Crippen molar-refractivity contribution in [2.45, 2.75) is 6.42 Å². The zero-order valence-corrected chi connectivity index (χ0v) is 14.4. The van der Waals surface area contributed by atoms with E-state index in [2.05, 4.69) is 67.6 Å². The summed E-state index contributed by atoms with van der Waals surface area (Å²) >= 11 is -0.106. The van der Waals surface area contributed by atoms with Crippen molar-refractivity contribution in [1.82, 2.24) is 0 Å². The monoisotopic (exact) mass is 403 g/mol. The van der Waals surface area contributed by atoms with Crippen LogP contribution in [0.1, 0.15) is 6.42 Å². The Morgan fingerprint density at radius 1 is 0.842 bits per heavy atom. The minimum absolute atomic E-state index is 0.106. The van der Waals surface area contributed by atoms with Crippen molar-refractivity contribution in [3.63, 3.8) is 0 Å². The van der Waals surface area contributed by atoms with Crippen LogP contribution >= 0.6 is 27.0 Å². The van der Waals surface area contributed by atoms with Crippen molar-refractivity contribution in [2.24, 2.45) is 0 Å². The van der Waals surface area contributed by atoms with E-state index >= 15 is 0 Å². The van der Waals surface area contributed by atoms with Gasteiger partial charge in [-0.1, -0.05) is 66.8 Å². The van der Waals surface area contributed by atoms with Crippen molar-refractivity contribution >= 4 is 37.6 Å². The first-order valence-corrected chi connectivity index (χ1v) is 11.4. The number of halogens is 2. The van der Waals surface area contributed by atoms with Crippen LogP contribution in [-0.4, -0.2) is 6.16 Å². The average Bonchev–Trinajstić information content (AvgIpc) is 2.47. The summed E-state index contributed by atoms with van der Waals surface area (Å²) in [5.41, 5.74) is 0. The van der Waals surface area contributed by atoms with E-state index in [1.165, 1.54) is 16.8 Å². The van der Waals surface area contributed by atoms with Gasteiger partial charge in [0.25, 0.3) is 0 Å². The zero-order chi connectivity index (χ0) is 13.9. The molecule has 0 aliphatic rings. The molecule has 0 unspecified atom stereocenters. The molecule has 0 heterocycles. The van der Waals surface area contributed by atoms with Gasteiger partial charge in [-0.15, -0.1) is 0 Å². The Balaban J connectivity index is 0.000000550. The summed E-state index contributed by atoms with van der Waals surface area (Å²) in [4.78, 5) is 0. The number of rotatable bonds is 4. The molecule has 0 saturated carbocycles. The Labute approximate surface area is 133 Å². The van der Waals surface area contributed by atoms with Crippen LogP contribution in [0, 0.1) is 6.92 Å². The predicted octanol–water partition coefficient (Wildman–Crippen LogP) is 4.72. The molecule has 0 aliphatic carbocycles. The van der Waals surface area contributed by atoms with Gasteiger partial charge in [-0.3, -0.25) is 0 Å². The van der Waals surface area contributed by atoms with Crippen LogP contribution in [0.2, 0.25) is 0 Å². The Bertz CT molecular complexity index is 397. The van der Waals surface area contributed by atoms with Crippen molar-refractivity contribution < 1.29 is 15.9 Å². The van der Waals surface area contributed by atoms with Crippen LogP contribution in [0.15, 0.2) is 60.7 Å². The van der Waals surface area contributed by atoms with E-state index in [-0.39, 0.29) is 23.9 Å². The Morgan fingerprint density at radius 3 is 1.53 bits per heavy atom. The molecule has 0 amide bonds. The maximum atomic E-state index is 4.81. The first-order chi connectivity index (χ1) is 9.33. The number of hydrogen-bond donors (Lipinski definition) is 0. The summed E-state index contributed by atoms with van der Waals surface area (Å²) < 4.78 is 0. The summed E-state index contributed by atoms with van der Waals surface area (Å²) in [5, 5.41) is 2.90. The molecule has 0 fully saturated rings. The van der Waals surface area contributed by atoms with Crippen LogP contribution in [-0.2, 0) is 15.9 Å². The van der Waals surface area contributed by atoms with Crippen LogP contribution in [0.25, 0.3) is 0 Å². The van der Waals surface area contributed by atoms with Crippen LogP contribution < -0.4 is 10.6 Å². The molecule has 0 nitrogen and oxygen atoms in total. The normalized spacial score (nSPS) is 10.1. The molecule has 2 rings (SSSR count). The zero-order valence-electron chi connectivity index (χ0n) is 10.4. The molecular weight excluding hydrogens is 388 g/mol. The molecule has 0 aromatic heterocycles. The molecule has 0 spiro atoms. The Morgan fingerprint density at radius 2 is 1.21 bits per heavy atom. The predicted molar refractivity (Wildman–Crippen MR) is 85.6 cm³/mol. The van der Waals surface area contributed by atoms with Crippen molar-refractivity contribution in [3.8, 4) is 0 Å². The van der Waals surface area contributed by atoms with Gasteiger partial charge in [0.05, 0.1) is 0 Å².